The SMILES string of the molecule is O=C(O)CCCCCCC1C(=O)CCC1/C=C/c1c(C(F)(F)F)cccc1C(F)(F)F. The summed E-state index contributed by atoms with van der Waals surface area (Å²) in [7, 11) is 0. The predicted octanol–water partition coefficient (Wildman–Crippen LogP) is 6.76. The number of carboxylic acids is 1. The Morgan fingerprint density at radius 2 is 1.58 bits per heavy atom. The number of halogens is 6. The van der Waals surface area contributed by atoms with Crippen LogP contribution in [-0.2, 0) is 21.9 Å². The van der Waals surface area contributed by atoms with Gasteiger partial charge >= 0.3 is 18.3 Å². The molecule has 2 rings (SSSR count). The van der Waals surface area contributed by atoms with Gasteiger partial charge in [0.15, 0.2) is 0 Å². The maximum absolute atomic E-state index is 13.3. The predicted molar refractivity (Wildman–Crippen MR) is 102 cm³/mol. The van der Waals surface area contributed by atoms with Crippen molar-refractivity contribution in [3.05, 3.63) is 41.0 Å². The van der Waals surface area contributed by atoms with E-state index in [0.717, 1.165) is 12.1 Å². The molecule has 1 fully saturated rings. The molecule has 1 N–H and O–H groups in total. The summed E-state index contributed by atoms with van der Waals surface area (Å²) in [5, 5.41) is 8.61. The molecular weight excluding hydrogens is 426 g/mol. The van der Waals surface area contributed by atoms with Crippen molar-refractivity contribution in [1.82, 2.24) is 0 Å². The topological polar surface area (TPSA) is 54.4 Å². The number of carboxylic acid groups (broad SMARTS) is 1. The molecule has 1 aliphatic carbocycles. The number of Topliss-reactive ketones (excluding diaryl/α,β-unsaturated/α-hetero) is 1. The maximum Gasteiger partial charge on any atom is 0.417 e. The fourth-order valence-electron chi connectivity index (χ4n) is 3.99. The molecular formula is C22H24F6O3. The van der Waals surface area contributed by atoms with Gasteiger partial charge in [-0.05, 0) is 42.9 Å². The quantitative estimate of drug-likeness (QED) is 0.334. The Bertz CT molecular complexity index is 778. The maximum atomic E-state index is 13.3. The normalized spacial score (nSPS) is 20.0. The fraction of sp³-hybridized carbons (Fsp3) is 0.545. The number of carbonyl (C=O) groups excluding carboxylic acids is 1. The van der Waals surface area contributed by atoms with Crippen molar-refractivity contribution in [2.45, 2.75) is 63.7 Å². The Labute approximate surface area is 176 Å². The lowest BCUT2D eigenvalue weighted by Gasteiger charge is -2.18. The van der Waals surface area contributed by atoms with E-state index < -0.39 is 46.8 Å². The monoisotopic (exact) mass is 450 g/mol. The number of hydrogen-bond acceptors (Lipinski definition) is 2. The van der Waals surface area contributed by atoms with Crippen LogP contribution in [0.4, 0.5) is 26.3 Å². The van der Waals surface area contributed by atoms with Gasteiger partial charge in [-0.2, -0.15) is 26.3 Å². The van der Waals surface area contributed by atoms with E-state index in [4.69, 9.17) is 5.11 Å². The molecule has 0 amide bonds. The molecule has 0 heterocycles. The minimum atomic E-state index is -4.94. The van der Waals surface area contributed by atoms with E-state index in [-0.39, 0.29) is 18.6 Å². The molecule has 0 spiro atoms. The average molecular weight is 450 g/mol. The highest BCUT2D eigenvalue weighted by atomic mass is 19.4. The van der Waals surface area contributed by atoms with E-state index in [2.05, 4.69) is 0 Å². The summed E-state index contributed by atoms with van der Waals surface area (Å²) in [6, 6.07) is 1.96. The van der Waals surface area contributed by atoms with Crippen molar-refractivity contribution >= 4 is 17.8 Å². The molecule has 1 aliphatic rings. The first-order valence-electron chi connectivity index (χ1n) is 10.1. The minimum absolute atomic E-state index is 0.0414. The summed E-state index contributed by atoms with van der Waals surface area (Å²) in [5.41, 5.74) is -3.66. The molecule has 0 radical (unpaired) electrons. The molecule has 0 aliphatic heterocycles. The van der Waals surface area contributed by atoms with Crippen molar-refractivity contribution in [3.8, 4) is 0 Å². The van der Waals surface area contributed by atoms with Gasteiger partial charge in [0, 0.05) is 18.8 Å². The first kappa shape index (κ1) is 24.9. The zero-order valence-corrected chi connectivity index (χ0v) is 16.7. The number of alkyl halides is 6. The number of hydrogen-bond donors (Lipinski definition) is 1. The van der Waals surface area contributed by atoms with Crippen LogP contribution in [0.3, 0.4) is 0 Å². The molecule has 0 aromatic heterocycles. The third kappa shape index (κ3) is 7.11. The summed E-state index contributed by atoms with van der Waals surface area (Å²) < 4.78 is 79.7. The van der Waals surface area contributed by atoms with Crippen LogP contribution >= 0.6 is 0 Å². The van der Waals surface area contributed by atoms with Crippen LogP contribution in [0.5, 0.6) is 0 Å². The highest BCUT2D eigenvalue weighted by Crippen LogP contribution is 2.41. The first-order chi connectivity index (χ1) is 14.4. The van der Waals surface area contributed by atoms with Crippen molar-refractivity contribution in [3.63, 3.8) is 0 Å². The molecule has 0 saturated heterocycles. The van der Waals surface area contributed by atoms with Gasteiger partial charge < -0.3 is 5.11 Å². The van der Waals surface area contributed by atoms with E-state index >= 15 is 0 Å². The van der Waals surface area contributed by atoms with E-state index in [1.54, 1.807) is 0 Å². The number of allylic oxidation sites excluding steroid dienone is 1. The lowest BCUT2D eigenvalue weighted by Crippen LogP contribution is -2.15. The second kappa shape index (κ2) is 10.3. The van der Waals surface area contributed by atoms with E-state index in [9.17, 15) is 35.9 Å². The Kier molecular flexibility index (Phi) is 8.31. The van der Waals surface area contributed by atoms with Gasteiger partial charge in [-0.15, -0.1) is 0 Å². The molecule has 1 saturated carbocycles. The second-order valence-electron chi connectivity index (χ2n) is 7.74. The summed E-state index contributed by atoms with van der Waals surface area (Å²) in [4.78, 5) is 22.7. The van der Waals surface area contributed by atoms with Crippen LogP contribution in [0.15, 0.2) is 24.3 Å². The number of ketones is 1. The highest BCUT2D eigenvalue weighted by Gasteiger charge is 2.40. The van der Waals surface area contributed by atoms with Gasteiger partial charge in [0.2, 0.25) is 0 Å². The number of benzene rings is 1. The minimum Gasteiger partial charge on any atom is -0.481 e. The first-order valence-corrected chi connectivity index (χ1v) is 10.1. The Morgan fingerprint density at radius 1 is 1.00 bits per heavy atom. The van der Waals surface area contributed by atoms with E-state index in [1.807, 2.05) is 0 Å². The fourth-order valence-corrected chi connectivity index (χ4v) is 3.99. The molecule has 172 valence electrons. The summed E-state index contributed by atoms with van der Waals surface area (Å²) in [6.07, 6.45) is -4.00. The van der Waals surface area contributed by atoms with Crippen LogP contribution in [0, 0.1) is 11.8 Å². The van der Waals surface area contributed by atoms with Crippen LogP contribution in [0.2, 0.25) is 0 Å². The lowest BCUT2D eigenvalue weighted by molar-refractivity contribution is -0.143. The van der Waals surface area contributed by atoms with Crippen LogP contribution in [-0.4, -0.2) is 16.9 Å². The third-order valence-corrected chi connectivity index (χ3v) is 5.54. The number of rotatable bonds is 9. The summed E-state index contributed by atoms with van der Waals surface area (Å²) >= 11 is 0. The largest absolute Gasteiger partial charge is 0.481 e. The molecule has 1 aromatic rings. The molecule has 3 nitrogen and oxygen atoms in total. The molecule has 2 unspecified atom stereocenters. The Morgan fingerprint density at radius 3 is 2.13 bits per heavy atom. The molecule has 2 atom stereocenters. The van der Waals surface area contributed by atoms with Gasteiger partial charge in [-0.3, -0.25) is 9.59 Å². The van der Waals surface area contributed by atoms with Crippen LogP contribution in [0.1, 0.15) is 68.1 Å². The summed E-state index contributed by atoms with van der Waals surface area (Å²) in [5.74, 6) is -1.79. The zero-order chi connectivity index (χ0) is 23.2. The van der Waals surface area contributed by atoms with Gasteiger partial charge in [-0.1, -0.05) is 37.5 Å². The lowest BCUT2D eigenvalue weighted by atomic mass is 9.88. The van der Waals surface area contributed by atoms with Crippen molar-refractivity contribution in [2.24, 2.45) is 11.8 Å². The molecule has 9 heteroatoms. The number of aliphatic carboxylic acids is 1. The molecule has 1 aromatic carbocycles. The second-order valence-corrected chi connectivity index (χ2v) is 7.74. The zero-order valence-electron chi connectivity index (χ0n) is 16.7. The number of carbonyl (C=O) groups is 2. The van der Waals surface area contributed by atoms with Gasteiger partial charge in [0.25, 0.3) is 0 Å². The van der Waals surface area contributed by atoms with E-state index in [1.165, 1.54) is 6.08 Å². The number of unbranched alkanes of at least 4 members (excludes halogenated alkanes) is 3. The molecule has 31 heavy (non-hydrogen) atoms. The standard InChI is InChI=1S/C22H24F6O3/c23-21(24,25)17-7-5-8-18(22(26,27)28)16(17)12-10-14-11-13-19(29)15(14)6-3-1-2-4-9-20(30)31/h5,7-8,10,12,14-15H,1-4,6,9,11,13H2,(H,30,31)/b12-10+. The Balaban J connectivity index is 2.14. The molecule has 0 bridgehead atoms. The van der Waals surface area contributed by atoms with Crippen molar-refractivity contribution in [1.29, 1.82) is 0 Å². The van der Waals surface area contributed by atoms with Gasteiger partial charge in [0.1, 0.15) is 5.78 Å². The highest BCUT2D eigenvalue weighted by molar-refractivity contribution is 5.84. The van der Waals surface area contributed by atoms with Crippen molar-refractivity contribution < 1.29 is 41.0 Å². The average Bonchev–Trinajstić information content (AvgIpc) is 3.00. The van der Waals surface area contributed by atoms with Gasteiger partial charge in [-0.25, -0.2) is 0 Å². The van der Waals surface area contributed by atoms with Gasteiger partial charge in [0.05, 0.1) is 11.1 Å². The smallest absolute Gasteiger partial charge is 0.417 e. The van der Waals surface area contributed by atoms with Crippen LogP contribution in [0.25, 0.3) is 6.08 Å². The van der Waals surface area contributed by atoms with E-state index in [0.29, 0.717) is 50.7 Å². The van der Waals surface area contributed by atoms with Crippen molar-refractivity contribution in [2.75, 3.05) is 0 Å². The van der Waals surface area contributed by atoms with Crippen LogP contribution < -0.4 is 0 Å². The summed E-state index contributed by atoms with van der Waals surface area (Å²) in [6.45, 7) is 0. The Hall–Kier alpha value is -2.32. The third-order valence-electron chi connectivity index (χ3n) is 5.54.